The summed E-state index contributed by atoms with van der Waals surface area (Å²) in [4.78, 5) is 0. The van der Waals surface area contributed by atoms with Gasteiger partial charge in [0.15, 0.2) is 8.32 Å². The van der Waals surface area contributed by atoms with Crippen molar-refractivity contribution in [2.24, 2.45) is 0 Å². The molecule has 0 aliphatic rings. The second-order valence-electron chi connectivity index (χ2n) is 10.8. The van der Waals surface area contributed by atoms with Gasteiger partial charge in [-0.25, -0.2) is 4.39 Å². The largest absolute Gasteiger partial charge is 0.494 e. The molecule has 0 amide bonds. The smallest absolute Gasteiger partial charge is 0.191 e. The minimum Gasteiger partial charge on any atom is -0.494 e. The Balaban J connectivity index is 1.49. The van der Waals surface area contributed by atoms with Gasteiger partial charge in [-0.15, -0.1) is 0 Å². The number of benzene rings is 2. The van der Waals surface area contributed by atoms with Crippen molar-refractivity contribution in [3.8, 4) is 5.75 Å². The zero-order chi connectivity index (χ0) is 25.0. The van der Waals surface area contributed by atoms with E-state index >= 15 is 0 Å². The van der Waals surface area contributed by atoms with Crippen molar-refractivity contribution in [2.75, 3.05) is 13.2 Å². The summed E-state index contributed by atoms with van der Waals surface area (Å²) in [6.07, 6.45) is 9.99. The third kappa shape index (κ3) is 9.75. The molecule has 2 aromatic rings. The number of rotatable bonds is 15. The van der Waals surface area contributed by atoms with E-state index < -0.39 is 8.32 Å². The number of hydrogen-bond acceptors (Lipinski definition) is 2. The Labute approximate surface area is 208 Å². The monoisotopic (exact) mass is 484 g/mol. The van der Waals surface area contributed by atoms with Crippen LogP contribution in [0.1, 0.15) is 83.3 Å². The first-order chi connectivity index (χ1) is 16.1. The molecular weight excluding hydrogens is 439 g/mol. The van der Waals surface area contributed by atoms with Gasteiger partial charge in [0.1, 0.15) is 11.6 Å². The van der Waals surface area contributed by atoms with Crippen molar-refractivity contribution in [1.82, 2.24) is 0 Å². The van der Waals surface area contributed by atoms with E-state index in [1.54, 1.807) is 12.1 Å². The Morgan fingerprint density at radius 3 is 1.68 bits per heavy atom. The summed E-state index contributed by atoms with van der Waals surface area (Å²) in [5.41, 5.74) is 2.83. The van der Waals surface area contributed by atoms with Gasteiger partial charge in [0, 0.05) is 6.61 Å². The molecule has 0 aliphatic carbocycles. The maximum Gasteiger partial charge on any atom is 0.191 e. The van der Waals surface area contributed by atoms with Crippen LogP contribution in [0.25, 0.3) is 5.57 Å². The van der Waals surface area contributed by atoms with Crippen molar-refractivity contribution in [3.63, 3.8) is 0 Å². The van der Waals surface area contributed by atoms with Crippen molar-refractivity contribution in [1.29, 1.82) is 0 Å². The Kier molecular flexibility index (Phi) is 11.5. The van der Waals surface area contributed by atoms with Crippen LogP contribution in [-0.2, 0) is 4.43 Å². The van der Waals surface area contributed by atoms with Crippen LogP contribution in [-0.4, -0.2) is 21.5 Å². The average molecular weight is 485 g/mol. The summed E-state index contributed by atoms with van der Waals surface area (Å²) in [5, 5.41) is 0.306. The molecule has 0 N–H and O–H groups in total. The van der Waals surface area contributed by atoms with Gasteiger partial charge in [-0.1, -0.05) is 90.1 Å². The van der Waals surface area contributed by atoms with Gasteiger partial charge in [-0.05, 0) is 71.9 Å². The van der Waals surface area contributed by atoms with E-state index in [0.717, 1.165) is 42.1 Å². The highest BCUT2D eigenvalue weighted by Gasteiger charge is 2.36. The van der Waals surface area contributed by atoms with E-state index in [1.165, 1.54) is 57.1 Å². The van der Waals surface area contributed by atoms with Gasteiger partial charge in [-0.2, -0.15) is 0 Å². The van der Waals surface area contributed by atoms with Crippen LogP contribution in [0.3, 0.4) is 0 Å². The molecule has 4 heteroatoms. The predicted molar refractivity (Wildman–Crippen MR) is 147 cm³/mol. The normalized spacial score (nSPS) is 12.1. The molecule has 0 unspecified atom stereocenters. The first-order valence-corrected chi connectivity index (χ1v) is 15.8. The topological polar surface area (TPSA) is 18.5 Å². The Morgan fingerprint density at radius 2 is 1.18 bits per heavy atom. The van der Waals surface area contributed by atoms with Crippen LogP contribution in [0.5, 0.6) is 5.75 Å². The molecule has 2 nitrogen and oxygen atoms in total. The van der Waals surface area contributed by atoms with Crippen molar-refractivity contribution in [3.05, 3.63) is 72.1 Å². The van der Waals surface area contributed by atoms with Crippen LogP contribution in [0.15, 0.2) is 55.1 Å². The molecular formula is C30H45FO2Si. The summed E-state index contributed by atoms with van der Waals surface area (Å²) < 4.78 is 25.3. The standard InChI is InChI=1S/C30H45FO2Si/c1-25(26-15-19-28(31)20-16-26)27-17-21-29(22-18-27)32-23-13-11-9-7-8-10-12-14-24-33-34(5,6)30(2,3)4/h15-22H,1,7-14,23-24H2,2-6H3. The third-order valence-corrected chi connectivity index (χ3v) is 11.5. The van der Waals surface area contributed by atoms with Gasteiger partial charge in [0.05, 0.1) is 6.61 Å². The molecule has 0 radical (unpaired) electrons. The highest BCUT2D eigenvalue weighted by atomic mass is 28.4. The number of unbranched alkanes of at least 4 members (excludes halogenated alkanes) is 7. The van der Waals surface area contributed by atoms with Gasteiger partial charge >= 0.3 is 0 Å². The van der Waals surface area contributed by atoms with Crippen LogP contribution in [0.4, 0.5) is 4.39 Å². The quantitative estimate of drug-likeness (QED) is 0.185. The third-order valence-electron chi connectivity index (χ3n) is 6.97. The molecule has 0 bridgehead atoms. The minimum atomic E-state index is -1.57. The number of halogens is 1. The predicted octanol–water partition coefficient (Wildman–Crippen LogP) is 9.41. The van der Waals surface area contributed by atoms with Crippen LogP contribution in [0.2, 0.25) is 18.1 Å². The fraction of sp³-hybridized carbons (Fsp3) is 0.533. The second-order valence-corrected chi connectivity index (χ2v) is 15.6. The van der Waals surface area contributed by atoms with Crippen molar-refractivity contribution >= 4 is 13.9 Å². The molecule has 0 atom stereocenters. The molecule has 2 rings (SSSR count). The van der Waals surface area contributed by atoms with Crippen LogP contribution >= 0.6 is 0 Å². The molecule has 0 aliphatic heterocycles. The molecule has 0 heterocycles. The molecule has 34 heavy (non-hydrogen) atoms. The van der Waals surface area contributed by atoms with E-state index in [1.807, 2.05) is 24.3 Å². The summed E-state index contributed by atoms with van der Waals surface area (Å²) in [7, 11) is -1.57. The Bertz CT molecular complexity index is 851. The summed E-state index contributed by atoms with van der Waals surface area (Å²) in [5.74, 6) is 0.651. The second kappa shape index (κ2) is 13.8. The number of hydrogen-bond donors (Lipinski definition) is 0. The summed E-state index contributed by atoms with van der Waals surface area (Å²) in [6, 6.07) is 14.4. The molecule has 188 valence electrons. The summed E-state index contributed by atoms with van der Waals surface area (Å²) in [6.45, 7) is 17.4. The molecule has 0 saturated heterocycles. The van der Waals surface area contributed by atoms with E-state index in [2.05, 4.69) is 40.4 Å². The molecule has 0 spiro atoms. The highest BCUT2D eigenvalue weighted by Crippen LogP contribution is 2.36. The fourth-order valence-corrected chi connectivity index (χ4v) is 4.66. The van der Waals surface area contributed by atoms with Crippen molar-refractivity contribution in [2.45, 2.75) is 90.3 Å². The molecule has 0 aromatic heterocycles. The van der Waals surface area contributed by atoms with E-state index in [-0.39, 0.29) is 5.82 Å². The van der Waals surface area contributed by atoms with Gasteiger partial charge < -0.3 is 9.16 Å². The SMILES string of the molecule is C=C(c1ccc(F)cc1)c1ccc(OCCCCCCCCCCO[Si](C)(C)C(C)(C)C)cc1. The number of ether oxygens (including phenoxy) is 1. The lowest BCUT2D eigenvalue weighted by atomic mass is 10.00. The molecule has 0 fully saturated rings. The van der Waals surface area contributed by atoms with Gasteiger partial charge in [0.25, 0.3) is 0 Å². The minimum absolute atomic E-state index is 0.233. The van der Waals surface area contributed by atoms with Crippen molar-refractivity contribution < 1.29 is 13.6 Å². The zero-order valence-electron chi connectivity index (χ0n) is 22.1. The van der Waals surface area contributed by atoms with E-state index in [4.69, 9.17) is 9.16 Å². The summed E-state index contributed by atoms with van der Waals surface area (Å²) >= 11 is 0. The zero-order valence-corrected chi connectivity index (χ0v) is 23.1. The lowest BCUT2D eigenvalue weighted by Crippen LogP contribution is -2.40. The molecule has 2 aromatic carbocycles. The average Bonchev–Trinajstić information content (AvgIpc) is 2.79. The van der Waals surface area contributed by atoms with E-state index in [9.17, 15) is 4.39 Å². The lowest BCUT2D eigenvalue weighted by molar-refractivity contribution is 0.277. The van der Waals surface area contributed by atoms with E-state index in [0.29, 0.717) is 5.04 Å². The maximum atomic E-state index is 13.1. The van der Waals surface area contributed by atoms with Crippen LogP contribution in [0, 0.1) is 5.82 Å². The van der Waals surface area contributed by atoms with Crippen LogP contribution < -0.4 is 4.74 Å². The Hall–Kier alpha value is -1.91. The van der Waals surface area contributed by atoms with Gasteiger partial charge in [0.2, 0.25) is 0 Å². The lowest BCUT2D eigenvalue weighted by Gasteiger charge is -2.36. The van der Waals surface area contributed by atoms with Gasteiger partial charge in [-0.3, -0.25) is 0 Å². The molecule has 0 saturated carbocycles. The first kappa shape index (κ1) is 28.3. The highest BCUT2D eigenvalue weighted by molar-refractivity contribution is 6.74. The maximum absolute atomic E-state index is 13.1. The fourth-order valence-electron chi connectivity index (χ4n) is 3.57. The Morgan fingerprint density at radius 1 is 0.735 bits per heavy atom. The first-order valence-electron chi connectivity index (χ1n) is 12.9.